The number of hydrogen-bond acceptors (Lipinski definition) is 3. The van der Waals surface area contributed by atoms with Gasteiger partial charge in [0.15, 0.2) is 0 Å². The van der Waals surface area contributed by atoms with E-state index in [1.807, 2.05) is 25.1 Å². The number of aryl methyl sites for hydroxylation is 2. The number of amides is 1. The molecule has 1 aliphatic rings. The van der Waals surface area contributed by atoms with E-state index in [2.05, 4.69) is 68.2 Å². The van der Waals surface area contributed by atoms with Crippen molar-refractivity contribution in [3.8, 4) is 0 Å². The molecule has 0 spiro atoms. The summed E-state index contributed by atoms with van der Waals surface area (Å²) in [5, 5.41) is 4.19. The molecule has 1 fully saturated rings. The van der Waals surface area contributed by atoms with E-state index in [1.54, 1.807) is 0 Å². The van der Waals surface area contributed by atoms with Gasteiger partial charge in [-0.05, 0) is 68.4 Å². The van der Waals surface area contributed by atoms with Crippen LogP contribution in [0.2, 0.25) is 0 Å². The van der Waals surface area contributed by atoms with Crippen LogP contribution >= 0.6 is 15.9 Å². The Morgan fingerprint density at radius 1 is 1.10 bits per heavy atom. The van der Waals surface area contributed by atoms with E-state index in [9.17, 15) is 4.79 Å². The molecule has 0 atom stereocenters. The molecule has 1 aromatic heterocycles. The van der Waals surface area contributed by atoms with Crippen LogP contribution in [0.3, 0.4) is 0 Å². The first-order chi connectivity index (χ1) is 13.9. The summed E-state index contributed by atoms with van der Waals surface area (Å²) < 4.78 is 1.01. The summed E-state index contributed by atoms with van der Waals surface area (Å²) >= 11 is 3.53. The highest BCUT2D eigenvalue weighted by atomic mass is 79.9. The lowest BCUT2D eigenvalue weighted by Crippen LogP contribution is -2.44. The van der Waals surface area contributed by atoms with Crippen molar-refractivity contribution in [3.05, 3.63) is 57.7 Å². The SMILES string of the molecule is Cc1cc(N2CCN(C)CC2)ccc1NC(=O)Cc1c(C)[nH]c2ccc(Br)cc12. The van der Waals surface area contributed by atoms with Crippen LogP contribution in [0, 0.1) is 13.8 Å². The minimum atomic E-state index is 0.00410. The molecule has 1 saturated heterocycles. The number of anilines is 2. The Bertz CT molecular complexity index is 1050. The van der Waals surface area contributed by atoms with Crippen molar-refractivity contribution in [3.63, 3.8) is 0 Å². The number of aromatic amines is 1. The van der Waals surface area contributed by atoms with E-state index in [4.69, 9.17) is 0 Å². The molecule has 0 saturated carbocycles. The van der Waals surface area contributed by atoms with E-state index in [-0.39, 0.29) is 5.91 Å². The van der Waals surface area contributed by atoms with E-state index < -0.39 is 0 Å². The maximum atomic E-state index is 12.8. The lowest BCUT2D eigenvalue weighted by Gasteiger charge is -2.34. The van der Waals surface area contributed by atoms with Crippen molar-refractivity contribution >= 4 is 44.1 Å². The monoisotopic (exact) mass is 454 g/mol. The Morgan fingerprint density at radius 2 is 1.86 bits per heavy atom. The normalized spacial score (nSPS) is 15.1. The number of H-pyrrole nitrogens is 1. The number of benzene rings is 2. The summed E-state index contributed by atoms with van der Waals surface area (Å²) in [4.78, 5) is 20.9. The van der Waals surface area contributed by atoms with Gasteiger partial charge < -0.3 is 20.1 Å². The van der Waals surface area contributed by atoms with Gasteiger partial charge in [-0.2, -0.15) is 0 Å². The molecule has 0 aliphatic carbocycles. The van der Waals surface area contributed by atoms with E-state index in [0.717, 1.165) is 64.1 Å². The zero-order valence-electron chi connectivity index (χ0n) is 17.2. The predicted octanol–water partition coefficient (Wildman–Crippen LogP) is 4.48. The smallest absolute Gasteiger partial charge is 0.228 e. The van der Waals surface area contributed by atoms with Gasteiger partial charge in [0, 0.05) is 58.6 Å². The van der Waals surface area contributed by atoms with Crippen LogP contribution in [0.5, 0.6) is 0 Å². The van der Waals surface area contributed by atoms with Crippen molar-refractivity contribution in [2.75, 3.05) is 43.4 Å². The van der Waals surface area contributed by atoms with E-state index in [0.29, 0.717) is 6.42 Å². The van der Waals surface area contributed by atoms with Gasteiger partial charge in [0.1, 0.15) is 0 Å². The number of halogens is 1. The highest BCUT2D eigenvalue weighted by molar-refractivity contribution is 9.10. The number of rotatable bonds is 4. The fraction of sp³-hybridized carbons (Fsp3) is 0.348. The zero-order chi connectivity index (χ0) is 20.5. The Hall–Kier alpha value is -2.31. The fourth-order valence-corrected chi connectivity index (χ4v) is 4.35. The van der Waals surface area contributed by atoms with Gasteiger partial charge in [-0.25, -0.2) is 0 Å². The fourth-order valence-electron chi connectivity index (χ4n) is 3.99. The molecule has 29 heavy (non-hydrogen) atoms. The number of fused-ring (bicyclic) bond motifs is 1. The van der Waals surface area contributed by atoms with Crippen molar-refractivity contribution in [1.82, 2.24) is 9.88 Å². The number of nitrogens with zero attached hydrogens (tertiary/aromatic N) is 2. The number of likely N-dealkylation sites (N-methyl/N-ethyl adjacent to an activating group) is 1. The van der Waals surface area contributed by atoms with Crippen LogP contribution in [0.1, 0.15) is 16.8 Å². The van der Waals surface area contributed by atoms with Crippen molar-refractivity contribution < 1.29 is 4.79 Å². The molecule has 5 nitrogen and oxygen atoms in total. The zero-order valence-corrected chi connectivity index (χ0v) is 18.8. The second kappa shape index (κ2) is 8.20. The maximum Gasteiger partial charge on any atom is 0.228 e. The van der Waals surface area contributed by atoms with Crippen LogP contribution in [-0.2, 0) is 11.2 Å². The number of aromatic nitrogens is 1. The molecule has 4 rings (SSSR count). The van der Waals surface area contributed by atoms with Crippen LogP contribution in [0.15, 0.2) is 40.9 Å². The van der Waals surface area contributed by atoms with Gasteiger partial charge >= 0.3 is 0 Å². The maximum absolute atomic E-state index is 12.8. The lowest BCUT2D eigenvalue weighted by molar-refractivity contribution is -0.115. The Labute approximate surface area is 180 Å². The second-order valence-electron chi connectivity index (χ2n) is 7.93. The standard InChI is InChI=1S/C23H27BrN4O/c1-15-12-18(28-10-8-27(3)9-11-28)5-7-21(15)26-23(29)14-19-16(2)25-22-6-4-17(24)13-20(19)22/h4-7,12-13,25H,8-11,14H2,1-3H3,(H,26,29). The summed E-state index contributed by atoms with van der Waals surface area (Å²) in [6.45, 7) is 8.32. The second-order valence-corrected chi connectivity index (χ2v) is 8.85. The third-order valence-electron chi connectivity index (χ3n) is 5.77. The Kier molecular flexibility index (Phi) is 5.65. The summed E-state index contributed by atoms with van der Waals surface area (Å²) in [5.74, 6) is 0.00410. The van der Waals surface area contributed by atoms with Crippen molar-refractivity contribution in [2.24, 2.45) is 0 Å². The van der Waals surface area contributed by atoms with Gasteiger partial charge in [-0.3, -0.25) is 4.79 Å². The third-order valence-corrected chi connectivity index (χ3v) is 6.26. The number of piperazine rings is 1. The first-order valence-corrected chi connectivity index (χ1v) is 10.8. The molecular weight excluding hydrogens is 428 g/mol. The molecule has 2 aromatic carbocycles. The van der Waals surface area contributed by atoms with E-state index in [1.165, 1.54) is 5.69 Å². The quantitative estimate of drug-likeness (QED) is 0.610. The average Bonchev–Trinajstić information content (AvgIpc) is 2.99. The largest absolute Gasteiger partial charge is 0.369 e. The number of nitrogens with one attached hydrogen (secondary N) is 2. The summed E-state index contributed by atoms with van der Waals surface area (Å²) in [6, 6.07) is 12.4. The Balaban J connectivity index is 1.48. The predicted molar refractivity (Wildman–Crippen MR) is 124 cm³/mol. The molecule has 2 N–H and O–H groups in total. The molecule has 6 heteroatoms. The first kappa shape index (κ1) is 20.0. The van der Waals surface area contributed by atoms with Gasteiger partial charge in [0.2, 0.25) is 5.91 Å². The van der Waals surface area contributed by atoms with Crippen LogP contribution in [-0.4, -0.2) is 49.0 Å². The molecule has 0 bridgehead atoms. The minimum Gasteiger partial charge on any atom is -0.369 e. The molecule has 1 aliphatic heterocycles. The van der Waals surface area contributed by atoms with Gasteiger partial charge in [-0.1, -0.05) is 15.9 Å². The van der Waals surface area contributed by atoms with Crippen molar-refractivity contribution in [1.29, 1.82) is 0 Å². The topological polar surface area (TPSA) is 51.4 Å². The molecule has 3 aromatic rings. The molecular formula is C23H27BrN4O. The van der Waals surface area contributed by atoms with Crippen molar-refractivity contribution in [2.45, 2.75) is 20.3 Å². The summed E-state index contributed by atoms with van der Waals surface area (Å²) in [7, 11) is 2.16. The lowest BCUT2D eigenvalue weighted by atomic mass is 10.1. The molecule has 152 valence electrons. The average molecular weight is 455 g/mol. The van der Waals surface area contributed by atoms with Crippen LogP contribution < -0.4 is 10.2 Å². The molecule has 0 unspecified atom stereocenters. The van der Waals surface area contributed by atoms with Gasteiger partial charge in [0.25, 0.3) is 0 Å². The summed E-state index contributed by atoms with van der Waals surface area (Å²) in [6.07, 6.45) is 0.349. The molecule has 2 heterocycles. The van der Waals surface area contributed by atoms with E-state index >= 15 is 0 Å². The van der Waals surface area contributed by atoms with Crippen LogP contribution in [0.25, 0.3) is 10.9 Å². The van der Waals surface area contributed by atoms with Gasteiger partial charge in [-0.15, -0.1) is 0 Å². The molecule has 0 radical (unpaired) electrons. The third kappa shape index (κ3) is 4.33. The first-order valence-electron chi connectivity index (χ1n) is 10.0. The highest BCUT2D eigenvalue weighted by Crippen LogP contribution is 2.27. The molecule has 1 amide bonds. The Morgan fingerprint density at radius 3 is 2.59 bits per heavy atom. The number of carbonyl (C=O) groups is 1. The van der Waals surface area contributed by atoms with Crippen LogP contribution in [0.4, 0.5) is 11.4 Å². The summed E-state index contributed by atoms with van der Waals surface area (Å²) in [5.41, 5.74) is 6.34. The number of carbonyl (C=O) groups excluding carboxylic acids is 1. The minimum absolute atomic E-state index is 0.00410. The highest BCUT2D eigenvalue weighted by Gasteiger charge is 2.16. The number of hydrogen-bond donors (Lipinski definition) is 2. The van der Waals surface area contributed by atoms with Gasteiger partial charge in [0.05, 0.1) is 6.42 Å².